The molecule has 2 aliphatic carbocycles. The number of fused-ring (bicyclic) bond motifs is 2. The number of urea groups is 1. The molecule has 4 rings (SSSR count). The first kappa shape index (κ1) is 16.4. The lowest BCUT2D eigenvalue weighted by molar-refractivity contribution is -0.128. The second-order valence-corrected chi connectivity index (χ2v) is 7.75. The number of carbonyl (C=O) groups is 2. The molecule has 3 aliphatic rings. The zero-order valence-electron chi connectivity index (χ0n) is 15.0. The van der Waals surface area contributed by atoms with Gasteiger partial charge < -0.3 is 15.1 Å². The van der Waals surface area contributed by atoms with Crippen LogP contribution in [0.4, 0.5) is 4.79 Å². The fraction of sp³-hybridized carbons (Fsp3) is 0.600. The Morgan fingerprint density at radius 3 is 2.76 bits per heavy atom. The fourth-order valence-electron chi connectivity index (χ4n) is 4.76. The molecular formula is C20H27N3O2. The third-order valence-corrected chi connectivity index (χ3v) is 6.35. The van der Waals surface area contributed by atoms with Crippen molar-refractivity contribution in [3.63, 3.8) is 0 Å². The summed E-state index contributed by atoms with van der Waals surface area (Å²) in [5.41, 5.74) is 3.34. The maximum Gasteiger partial charge on any atom is 0.317 e. The van der Waals surface area contributed by atoms with E-state index in [-0.39, 0.29) is 11.9 Å². The van der Waals surface area contributed by atoms with Crippen LogP contribution in [0.15, 0.2) is 24.3 Å². The van der Waals surface area contributed by atoms with Gasteiger partial charge in [-0.05, 0) is 42.7 Å². The number of aryl methyl sites for hydroxylation is 1. The molecule has 5 heteroatoms. The second kappa shape index (κ2) is 6.36. The molecule has 1 heterocycles. The van der Waals surface area contributed by atoms with Crippen LogP contribution in [0.3, 0.4) is 0 Å². The van der Waals surface area contributed by atoms with Crippen molar-refractivity contribution in [1.82, 2.24) is 15.1 Å². The minimum Gasteiger partial charge on any atom is -0.341 e. The molecule has 0 radical (unpaired) electrons. The van der Waals surface area contributed by atoms with Gasteiger partial charge in [0.15, 0.2) is 0 Å². The molecule has 1 aromatic rings. The van der Waals surface area contributed by atoms with Crippen LogP contribution < -0.4 is 5.32 Å². The van der Waals surface area contributed by atoms with Crippen LogP contribution in [0, 0.1) is 5.92 Å². The highest BCUT2D eigenvalue weighted by atomic mass is 16.2. The van der Waals surface area contributed by atoms with Gasteiger partial charge in [-0.3, -0.25) is 4.79 Å². The van der Waals surface area contributed by atoms with Crippen LogP contribution in [0.25, 0.3) is 0 Å². The number of rotatable bonds is 2. The highest BCUT2D eigenvalue weighted by Gasteiger charge is 2.57. The topological polar surface area (TPSA) is 52.7 Å². The lowest BCUT2D eigenvalue weighted by Gasteiger charge is -2.22. The number of benzene rings is 1. The number of nitrogens with zero attached hydrogens (tertiary/aromatic N) is 2. The summed E-state index contributed by atoms with van der Waals surface area (Å²) < 4.78 is 0. The molecule has 1 saturated heterocycles. The quantitative estimate of drug-likeness (QED) is 0.896. The summed E-state index contributed by atoms with van der Waals surface area (Å²) in [6.45, 7) is 5.12. The molecule has 25 heavy (non-hydrogen) atoms. The van der Waals surface area contributed by atoms with E-state index in [1.165, 1.54) is 30.4 Å². The Kier molecular flexibility index (Phi) is 4.18. The predicted molar refractivity (Wildman–Crippen MR) is 96.4 cm³/mol. The van der Waals surface area contributed by atoms with Gasteiger partial charge in [0.1, 0.15) is 0 Å². The van der Waals surface area contributed by atoms with Crippen molar-refractivity contribution in [1.29, 1.82) is 0 Å². The molecule has 134 valence electrons. The smallest absolute Gasteiger partial charge is 0.317 e. The normalized spacial score (nSPS) is 27.8. The van der Waals surface area contributed by atoms with E-state index in [4.69, 9.17) is 0 Å². The van der Waals surface area contributed by atoms with Gasteiger partial charge in [-0.1, -0.05) is 24.3 Å². The number of nitrogens with one attached hydrogen (secondary N) is 1. The van der Waals surface area contributed by atoms with Crippen molar-refractivity contribution in [2.45, 2.75) is 38.0 Å². The highest BCUT2D eigenvalue weighted by molar-refractivity contribution is 5.75. The Morgan fingerprint density at radius 2 is 1.92 bits per heavy atom. The average Bonchev–Trinajstić information content (AvgIpc) is 3.27. The lowest BCUT2D eigenvalue weighted by atomic mass is 9.95. The summed E-state index contributed by atoms with van der Waals surface area (Å²) >= 11 is 0. The van der Waals surface area contributed by atoms with Crippen LogP contribution in [0.5, 0.6) is 0 Å². The second-order valence-electron chi connectivity index (χ2n) is 7.75. The number of hydrogen-bond donors (Lipinski definition) is 1. The summed E-state index contributed by atoms with van der Waals surface area (Å²) in [6, 6.07) is 8.81. The molecular weight excluding hydrogens is 314 g/mol. The number of carbonyl (C=O) groups excluding carboxylic acids is 2. The van der Waals surface area contributed by atoms with Gasteiger partial charge in [0.2, 0.25) is 5.91 Å². The van der Waals surface area contributed by atoms with Crippen molar-refractivity contribution in [2.75, 3.05) is 32.7 Å². The maximum atomic E-state index is 12.5. The summed E-state index contributed by atoms with van der Waals surface area (Å²) in [4.78, 5) is 27.7. The van der Waals surface area contributed by atoms with Crippen molar-refractivity contribution in [2.24, 2.45) is 5.92 Å². The molecule has 0 aromatic heterocycles. The third-order valence-electron chi connectivity index (χ3n) is 6.35. The summed E-state index contributed by atoms with van der Waals surface area (Å²) in [7, 11) is 0. The van der Waals surface area contributed by atoms with E-state index >= 15 is 0 Å². The molecule has 1 saturated carbocycles. The molecule has 0 bridgehead atoms. The van der Waals surface area contributed by atoms with E-state index < -0.39 is 0 Å². The largest absolute Gasteiger partial charge is 0.341 e. The molecule has 1 spiro atoms. The zero-order valence-corrected chi connectivity index (χ0v) is 15.0. The van der Waals surface area contributed by atoms with Crippen LogP contribution in [-0.4, -0.2) is 54.5 Å². The lowest BCUT2D eigenvalue weighted by Crippen LogP contribution is -2.43. The molecule has 2 fully saturated rings. The van der Waals surface area contributed by atoms with Crippen LogP contribution in [0.2, 0.25) is 0 Å². The zero-order chi connectivity index (χ0) is 17.4. The number of amides is 3. The van der Waals surface area contributed by atoms with E-state index in [1.807, 2.05) is 9.80 Å². The first-order valence-electron chi connectivity index (χ1n) is 9.47. The number of hydrogen-bond acceptors (Lipinski definition) is 2. The minimum absolute atomic E-state index is 0.0266. The fourth-order valence-corrected chi connectivity index (χ4v) is 4.76. The van der Waals surface area contributed by atoms with Gasteiger partial charge in [0, 0.05) is 45.1 Å². The third kappa shape index (κ3) is 3.00. The highest BCUT2D eigenvalue weighted by Crippen LogP contribution is 2.61. The Hall–Kier alpha value is -2.04. The van der Waals surface area contributed by atoms with Gasteiger partial charge >= 0.3 is 6.03 Å². The van der Waals surface area contributed by atoms with Gasteiger partial charge in [0.05, 0.1) is 0 Å². The van der Waals surface area contributed by atoms with Gasteiger partial charge in [0.25, 0.3) is 0 Å². The summed E-state index contributed by atoms with van der Waals surface area (Å²) in [5, 5.41) is 3.15. The Labute approximate surface area is 149 Å². The Morgan fingerprint density at radius 1 is 1.16 bits per heavy atom. The van der Waals surface area contributed by atoms with E-state index in [0.29, 0.717) is 24.4 Å². The monoisotopic (exact) mass is 341 g/mol. The first-order valence-corrected chi connectivity index (χ1v) is 9.47. The Balaban J connectivity index is 1.30. The average molecular weight is 341 g/mol. The molecule has 5 nitrogen and oxygen atoms in total. The van der Waals surface area contributed by atoms with Crippen molar-refractivity contribution < 1.29 is 9.59 Å². The Bertz CT molecular complexity index is 689. The molecule has 2 atom stereocenters. The predicted octanol–water partition coefficient (Wildman–Crippen LogP) is 2.15. The molecule has 3 amide bonds. The summed E-state index contributed by atoms with van der Waals surface area (Å²) in [5.74, 6) is 0.669. The van der Waals surface area contributed by atoms with Crippen molar-refractivity contribution in [3.8, 4) is 0 Å². The van der Waals surface area contributed by atoms with Crippen molar-refractivity contribution in [3.05, 3.63) is 35.4 Å². The van der Waals surface area contributed by atoms with Gasteiger partial charge in [-0.15, -0.1) is 0 Å². The van der Waals surface area contributed by atoms with Gasteiger partial charge in [-0.25, -0.2) is 4.79 Å². The maximum absolute atomic E-state index is 12.5. The standard InChI is InChI=1S/C20H27N3O2/c1-15(24)22-9-4-10-23(12-11-22)19(25)21-14-17-13-20(17)8-7-16-5-2-3-6-18(16)20/h2-3,5-6,17H,4,7-14H2,1H3,(H,21,25)/t17-,20-/m0/s1. The minimum atomic E-state index is 0.0266. The SMILES string of the molecule is CC(=O)N1CCCN(C(=O)NC[C@@H]2C[C@@]23CCc2ccccc23)CC1. The van der Waals surface area contributed by atoms with E-state index in [0.717, 1.165) is 26.1 Å². The molecule has 1 aliphatic heterocycles. The van der Waals surface area contributed by atoms with Gasteiger partial charge in [-0.2, -0.15) is 0 Å². The van der Waals surface area contributed by atoms with E-state index in [1.54, 1.807) is 6.92 Å². The molecule has 0 unspecified atom stereocenters. The first-order chi connectivity index (χ1) is 12.1. The van der Waals surface area contributed by atoms with E-state index in [2.05, 4.69) is 29.6 Å². The summed E-state index contributed by atoms with van der Waals surface area (Å²) in [6.07, 6.45) is 4.45. The molecule has 1 aromatic carbocycles. The van der Waals surface area contributed by atoms with E-state index in [9.17, 15) is 9.59 Å². The van der Waals surface area contributed by atoms with Crippen LogP contribution in [-0.2, 0) is 16.6 Å². The van der Waals surface area contributed by atoms with Crippen LogP contribution >= 0.6 is 0 Å². The molecule has 1 N–H and O–H groups in total. The van der Waals surface area contributed by atoms with Crippen molar-refractivity contribution >= 4 is 11.9 Å². The van der Waals surface area contributed by atoms with Crippen LogP contribution in [0.1, 0.15) is 37.3 Å².